The van der Waals surface area contributed by atoms with Crippen molar-refractivity contribution < 1.29 is 18.3 Å². The average molecular weight is 241 g/mol. The normalized spacial score (nSPS) is 16.1. The summed E-state index contributed by atoms with van der Waals surface area (Å²) in [5.41, 5.74) is 0. The fourth-order valence-electron chi connectivity index (χ4n) is 1.46. The SMILES string of the molecule is CC(O)CCCNC(C)CCCC(F)(F)F. The van der Waals surface area contributed by atoms with Gasteiger partial charge >= 0.3 is 6.18 Å². The van der Waals surface area contributed by atoms with E-state index in [1.54, 1.807) is 6.92 Å². The molecule has 0 saturated heterocycles. The first-order valence-corrected chi connectivity index (χ1v) is 5.79. The molecule has 0 aliphatic rings. The maximum atomic E-state index is 11.9. The highest BCUT2D eigenvalue weighted by atomic mass is 19.4. The molecule has 0 saturated carbocycles. The molecular formula is C11H22F3NO. The van der Waals surface area contributed by atoms with E-state index in [-0.39, 0.29) is 18.6 Å². The summed E-state index contributed by atoms with van der Waals surface area (Å²) in [5.74, 6) is 0. The monoisotopic (exact) mass is 241 g/mol. The summed E-state index contributed by atoms with van der Waals surface area (Å²) < 4.78 is 35.6. The molecule has 0 aromatic rings. The highest BCUT2D eigenvalue weighted by Crippen LogP contribution is 2.22. The molecule has 98 valence electrons. The van der Waals surface area contributed by atoms with Crippen molar-refractivity contribution in [3.8, 4) is 0 Å². The van der Waals surface area contributed by atoms with Crippen LogP contribution in [0.5, 0.6) is 0 Å². The van der Waals surface area contributed by atoms with Crippen LogP contribution in [-0.4, -0.2) is 30.0 Å². The smallest absolute Gasteiger partial charge is 0.389 e. The molecule has 16 heavy (non-hydrogen) atoms. The molecule has 2 nitrogen and oxygen atoms in total. The van der Waals surface area contributed by atoms with Crippen LogP contribution >= 0.6 is 0 Å². The van der Waals surface area contributed by atoms with Crippen LogP contribution in [0.2, 0.25) is 0 Å². The standard InChI is InChI=1S/C11H22F3NO/c1-9(5-3-7-11(12,13)14)15-8-4-6-10(2)16/h9-10,15-16H,3-8H2,1-2H3. The van der Waals surface area contributed by atoms with E-state index >= 15 is 0 Å². The molecule has 0 aromatic carbocycles. The van der Waals surface area contributed by atoms with Crippen molar-refractivity contribution in [1.82, 2.24) is 5.32 Å². The van der Waals surface area contributed by atoms with Crippen molar-refractivity contribution in [1.29, 1.82) is 0 Å². The van der Waals surface area contributed by atoms with E-state index in [2.05, 4.69) is 5.32 Å². The largest absolute Gasteiger partial charge is 0.393 e. The number of nitrogens with one attached hydrogen (secondary N) is 1. The van der Waals surface area contributed by atoms with Gasteiger partial charge in [-0.05, 0) is 46.1 Å². The van der Waals surface area contributed by atoms with Gasteiger partial charge in [-0.2, -0.15) is 13.2 Å². The quantitative estimate of drug-likeness (QED) is 0.640. The molecule has 0 aliphatic heterocycles. The molecule has 0 bridgehead atoms. The van der Waals surface area contributed by atoms with Crippen molar-refractivity contribution in [3.05, 3.63) is 0 Å². The van der Waals surface area contributed by atoms with Crippen molar-refractivity contribution in [3.63, 3.8) is 0 Å². The average Bonchev–Trinajstić information content (AvgIpc) is 2.10. The van der Waals surface area contributed by atoms with Gasteiger partial charge in [0.15, 0.2) is 0 Å². The van der Waals surface area contributed by atoms with Crippen LogP contribution in [-0.2, 0) is 0 Å². The van der Waals surface area contributed by atoms with E-state index in [1.807, 2.05) is 6.92 Å². The van der Waals surface area contributed by atoms with E-state index in [0.29, 0.717) is 6.42 Å². The third-order valence-electron chi connectivity index (χ3n) is 2.39. The Labute approximate surface area is 95.2 Å². The van der Waals surface area contributed by atoms with Gasteiger partial charge in [-0.1, -0.05) is 0 Å². The maximum absolute atomic E-state index is 11.9. The Morgan fingerprint density at radius 2 is 1.75 bits per heavy atom. The van der Waals surface area contributed by atoms with Gasteiger partial charge in [-0.3, -0.25) is 0 Å². The molecule has 0 rings (SSSR count). The fraction of sp³-hybridized carbons (Fsp3) is 1.00. The number of rotatable bonds is 8. The maximum Gasteiger partial charge on any atom is 0.389 e. The van der Waals surface area contributed by atoms with Crippen LogP contribution in [0.3, 0.4) is 0 Å². The summed E-state index contributed by atoms with van der Waals surface area (Å²) in [7, 11) is 0. The molecule has 2 atom stereocenters. The summed E-state index contributed by atoms with van der Waals surface area (Å²) in [6.45, 7) is 4.36. The van der Waals surface area contributed by atoms with E-state index < -0.39 is 12.6 Å². The highest BCUT2D eigenvalue weighted by molar-refractivity contribution is 4.63. The van der Waals surface area contributed by atoms with Crippen LogP contribution in [0.15, 0.2) is 0 Å². The second kappa shape index (κ2) is 7.90. The zero-order valence-electron chi connectivity index (χ0n) is 9.98. The van der Waals surface area contributed by atoms with Crippen LogP contribution in [0.1, 0.15) is 46.0 Å². The number of hydrogen-bond acceptors (Lipinski definition) is 2. The highest BCUT2D eigenvalue weighted by Gasteiger charge is 2.26. The van der Waals surface area contributed by atoms with Gasteiger partial charge in [0, 0.05) is 12.5 Å². The van der Waals surface area contributed by atoms with Crippen LogP contribution < -0.4 is 5.32 Å². The predicted octanol–water partition coefficient (Wildman–Crippen LogP) is 2.86. The van der Waals surface area contributed by atoms with Crippen molar-refractivity contribution in [2.45, 2.75) is 64.3 Å². The zero-order valence-corrected chi connectivity index (χ0v) is 9.98. The fourth-order valence-corrected chi connectivity index (χ4v) is 1.46. The van der Waals surface area contributed by atoms with Gasteiger partial charge in [0.25, 0.3) is 0 Å². The molecule has 2 unspecified atom stereocenters. The summed E-state index contributed by atoms with van der Waals surface area (Å²) in [4.78, 5) is 0. The molecule has 0 heterocycles. The van der Waals surface area contributed by atoms with E-state index in [0.717, 1.165) is 19.4 Å². The summed E-state index contributed by atoms with van der Waals surface area (Å²) in [6.07, 6.45) is -2.76. The Bertz CT molecular complexity index is 171. The van der Waals surface area contributed by atoms with Gasteiger partial charge in [-0.25, -0.2) is 0 Å². The minimum atomic E-state index is -4.04. The van der Waals surface area contributed by atoms with Gasteiger partial charge in [0.1, 0.15) is 0 Å². The lowest BCUT2D eigenvalue weighted by Gasteiger charge is -2.14. The number of alkyl halides is 3. The van der Waals surface area contributed by atoms with E-state index in [4.69, 9.17) is 5.11 Å². The van der Waals surface area contributed by atoms with Crippen molar-refractivity contribution in [2.75, 3.05) is 6.54 Å². The van der Waals surface area contributed by atoms with Gasteiger partial charge in [0.2, 0.25) is 0 Å². The Morgan fingerprint density at radius 3 is 2.25 bits per heavy atom. The third-order valence-corrected chi connectivity index (χ3v) is 2.39. The minimum absolute atomic E-state index is 0.108. The molecule has 0 aromatic heterocycles. The van der Waals surface area contributed by atoms with E-state index in [9.17, 15) is 13.2 Å². The van der Waals surface area contributed by atoms with Crippen molar-refractivity contribution >= 4 is 0 Å². The lowest BCUT2D eigenvalue weighted by atomic mass is 10.1. The Balaban J connectivity index is 3.35. The number of aliphatic hydroxyl groups is 1. The number of hydrogen-bond donors (Lipinski definition) is 2. The molecule has 0 aliphatic carbocycles. The summed E-state index contributed by atoms with van der Waals surface area (Å²) in [6, 6.07) is 0.108. The minimum Gasteiger partial charge on any atom is -0.393 e. The first kappa shape index (κ1) is 15.7. The number of halogens is 3. The van der Waals surface area contributed by atoms with Gasteiger partial charge in [-0.15, -0.1) is 0 Å². The Kier molecular flexibility index (Phi) is 7.76. The zero-order chi connectivity index (χ0) is 12.6. The lowest BCUT2D eigenvalue weighted by Crippen LogP contribution is -2.27. The first-order valence-electron chi connectivity index (χ1n) is 5.79. The van der Waals surface area contributed by atoms with Gasteiger partial charge < -0.3 is 10.4 Å². The topological polar surface area (TPSA) is 32.3 Å². The molecule has 2 N–H and O–H groups in total. The van der Waals surface area contributed by atoms with Crippen LogP contribution in [0.4, 0.5) is 13.2 Å². The van der Waals surface area contributed by atoms with Gasteiger partial charge in [0.05, 0.1) is 6.10 Å². The molecule has 5 heteroatoms. The Morgan fingerprint density at radius 1 is 1.12 bits per heavy atom. The molecule has 0 amide bonds. The summed E-state index contributed by atoms with van der Waals surface area (Å²) >= 11 is 0. The first-order chi connectivity index (χ1) is 7.31. The molecule has 0 radical (unpaired) electrons. The summed E-state index contributed by atoms with van der Waals surface area (Å²) in [5, 5.41) is 12.1. The second-order valence-electron chi connectivity index (χ2n) is 4.35. The van der Waals surface area contributed by atoms with Crippen LogP contribution in [0, 0.1) is 0 Å². The lowest BCUT2D eigenvalue weighted by molar-refractivity contribution is -0.135. The third kappa shape index (κ3) is 11.8. The van der Waals surface area contributed by atoms with Crippen molar-refractivity contribution in [2.24, 2.45) is 0 Å². The number of aliphatic hydroxyl groups excluding tert-OH is 1. The second-order valence-corrected chi connectivity index (χ2v) is 4.35. The molecule has 0 spiro atoms. The molecular weight excluding hydrogens is 219 g/mol. The van der Waals surface area contributed by atoms with E-state index in [1.165, 1.54) is 0 Å². The molecule has 0 fully saturated rings. The van der Waals surface area contributed by atoms with Crippen LogP contribution in [0.25, 0.3) is 0 Å². The predicted molar refractivity (Wildman–Crippen MR) is 58.3 cm³/mol. The Hall–Kier alpha value is -0.290.